The first-order chi connectivity index (χ1) is 18.8. The average molecular weight is 589 g/mol. The molecule has 2 aromatic carbocycles. The molecule has 0 aliphatic carbocycles. The predicted molar refractivity (Wildman–Crippen MR) is 164 cm³/mol. The van der Waals surface area contributed by atoms with Gasteiger partial charge in [-0.2, -0.15) is 0 Å². The Hall–Kier alpha value is -2.93. The lowest BCUT2D eigenvalue weighted by Gasteiger charge is -2.34. The van der Waals surface area contributed by atoms with Crippen LogP contribution in [-0.4, -0.2) is 29.9 Å². The van der Waals surface area contributed by atoms with Gasteiger partial charge in [0.05, 0.1) is 6.61 Å². The molecule has 0 saturated heterocycles. The first kappa shape index (κ1) is 34.3. The molecular formula is C33H46ClFN2O4. The molecule has 2 rings (SSSR count). The SMILES string of the molecule is CCC(C)(C)c1cc(C(C)(C)CC)c(C(Cl)C(=O)Nc2ccccc2)cc1OCCC(F)(C(N)=O)C(=O)C(C)(C)C. The van der Waals surface area contributed by atoms with Gasteiger partial charge < -0.3 is 15.8 Å². The van der Waals surface area contributed by atoms with Gasteiger partial charge in [0, 0.05) is 23.1 Å². The Labute approximate surface area is 249 Å². The number of halogens is 2. The second-order valence-electron chi connectivity index (χ2n) is 13.0. The van der Waals surface area contributed by atoms with Gasteiger partial charge in [0.15, 0.2) is 5.78 Å². The molecule has 0 fully saturated rings. The molecule has 2 atom stereocenters. The minimum absolute atomic E-state index is 0.285. The van der Waals surface area contributed by atoms with Crippen LogP contribution in [0, 0.1) is 5.41 Å². The number of rotatable bonds is 13. The molecule has 0 aliphatic heterocycles. The van der Waals surface area contributed by atoms with Gasteiger partial charge in [-0.1, -0.05) is 86.6 Å². The van der Waals surface area contributed by atoms with Gasteiger partial charge in [-0.15, -0.1) is 11.6 Å². The van der Waals surface area contributed by atoms with Crippen LogP contribution in [0.25, 0.3) is 0 Å². The summed E-state index contributed by atoms with van der Waals surface area (Å²) in [4.78, 5) is 38.2. The molecule has 226 valence electrons. The second-order valence-corrected chi connectivity index (χ2v) is 13.4. The summed E-state index contributed by atoms with van der Waals surface area (Å²) in [6.45, 7) is 16.8. The molecule has 41 heavy (non-hydrogen) atoms. The number of nitrogens with one attached hydrogen (secondary N) is 1. The number of Topliss-reactive ketones (excluding diaryl/α,β-unsaturated/α-hetero) is 1. The van der Waals surface area contributed by atoms with Crippen LogP contribution in [-0.2, 0) is 25.2 Å². The van der Waals surface area contributed by atoms with Gasteiger partial charge in [0.2, 0.25) is 11.6 Å². The summed E-state index contributed by atoms with van der Waals surface area (Å²) >= 11 is 6.85. The van der Waals surface area contributed by atoms with Gasteiger partial charge in [-0.3, -0.25) is 14.4 Å². The van der Waals surface area contributed by atoms with E-state index in [0.29, 0.717) is 17.0 Å². The van der Waals surface area contributed by atoms with Crippen molar-refractivity contribution in [2.75, 3.05) is 11.9 Å². The van der Waals surface area contributed by atoms with E-state index < -0.39 is 40.5 Å². The number of hydrogen-bond acceptors (Lipinski definition) is 4. The Morgan fingerprint density at radius 2 is 1.46 bits per heavy atom. The fourth-order valence-corrected chi connectivity index (χ4v) is 4.77. The number of anilines is 1. The first-order valence-corrected chi connectivity index (χ1v) is 14.6. The summed E-state index contributed by atoms with van der Waals surface area (Å²) in [5.74, 6) is -2.22. The lowest BCUT2D eigenvalue weighted by molar-refractivity contribution is -0.148. The van der Waals surface area contributed by atoms with E-state index in [4.69, 9.17) is 22.1 Å². The van der Waals surface area contributed by atoms with E-state index in [0.717, 1.165) is 24.0 Å². The van der Waals surface area contributed by atoms with Crippen molar-refractivity contribution in [1.82, 2.24) is 0 Å². The van der Waals surface area contributed by atoms with Gasteiger partial charge in [-0.25, -0.2) is 4.39 Å². The summed E-state index contributed by atoms with van der Waals surface area (Å²) in [5, 5.41) is 1.81. The summed E-state index contributed by atoms with van der Waals surface area (Å²) in [6.07, 6.45) is 1.01. The normalized spacial score (nSPS) is 14.6. The maximum atomic E-state index is 15.7. The van der Waals surface area contributed by atoms with Crippen molar-refractivity contribution < 1.29 is 23.5 Å². The Morgan fingerprint density at radius 3 is 1.95 bits per heavy atom. The molecule has 0 spiro atoms. The molecular weight excluding hydrogens is 543 g/mol. The fraction of sp³-hybridized carbons (Fsp3) is 0.545. The fourth-order valence-electron chi connectivity index (χ4n) is 4.53. The highest BCUT2D eigenvalue weighted by atomic mass is 35.5. The number of amides is 2. The summed E-state index contributed by atoms with van der Waals surface area (Å²) < 4.78 is 21.8. The molecule has 0 heterocycles. The molecule has 0 aliphatic rings. The van der Waals surface area contributed by atoms with E-state index in [1.165, 1.54) is 20.8 Å². The van der Waals surface area contributed by atoms with Crippen LogP contribution in [0.5, 0.6) is 5.75 Å². The molecule has 0 radical (unpaired) electrons. The third-order valence-corrected chi connectivity index (χ3v) is 8.49. The number of ether oxygens (including phenoxy) is 1. The van der Waals surface area contributed by atoms with E-state index >= 15 is 4.39 Å². The summed E-state index contributed by atoms with van der Waals surface area (Å²) in [7, 11) is 0. The van der Waals surface area contributed by atoms with Crippen LogP contribution < -0.4 is 15.8 Å². The van der Waals surface area contributed by atoms with Gasteiger partial charge >= 0.3 is 0 Å². The van der Waals surface area contributed by atoms with Crippen molar-refractivity contribution in [2.45, 2.75) is 103 Å². The molecule has 6 nitrogen and oxygen atoms in total. The number of benzene rings is 2. The number of ketones is 1. The van der Waals surface area contributed by atoms with Crippen molar-refractivity contribution in [3.8, 4) is 5.75 Å². The van der Waals surface area contributed by atoms with Crippen molar-refractivity contribution in [1.29, 1.82) is 0 Å². The van der Waals surface area contributed by atoms with E-state index in [1.807, 2.05) is 24.3 Å². The highest BCUT2D eigenvalue weighted by Gasteiger charge is 2.49. The third-order valence-electron chi connectivity index (χ3n) is 8.06. The second kappa shape index (κ2) is 12.9. The molecule has 0 bridgehead atoms. The molecule has 0 aromatic heterocycles. The minimum atomic E-state index is -2.88. The Morgan fingerprint density at radius 1 is 0.927 bits per heavy atom. The lowest BCUT2D eigenvalue weighted by atomic mass is 9.74. The van der Waals surface area contributed by atoms with Crippen molar-refractivity contribution in [3.05, 3.63) is 59.2 Å². The number of alkyl halides is 2. The predicted octanol–water partition coefficient (Wildman–Crippen LogP) is 7.56. The summed E-state index contributed by atoms with van der Waals surface area (Å²) in [6, 6.07) is 12.8. The average Bonchev–Trinajstić information content (AvgIpc) is 2.91. The third kappa shape index (κ3) is 7.88. The van der Waals surface area contributed by atoms with Crippen LogP contribution in [0.2, 0.25) is 0 Å². The monoisotopic (exact) mass is 588 g/mol. The zero-order valence-electron chi connectivity index (χ0n) is 25.9. The highest BCUT2D eigenvalue weighted by molar-refractivity contribution is 6.32. The summed E-state index contributed by atoms with van der Waals surface area (Å²) in [5.41, 5.74) is 3.65. The van der Waals surface area contributed by atoms with E-state index in [1.54, 1.807) is 18.2 Å². The number of hydrogen-bond donors (Lipinski definition) is 2. The number of carbonyl (C=O) groups excluding carboxylic acids is 3. The topological polar surface area (TPSA) is 98.5 Å². The van der Waals surface area contributed by atoms with Crippen molar-refractivity contribution in [2.24, 2.45) is 11.1 Å². The lowest BCUT2D eigenvalue weighted by Crippen LogP contribution is -2.52. The smallest absolute Gasteiger partial charge is 0.263 e. The molecule has 8 heteroatoms. The minimum Gasteiger partial charge on any atom is -0.493 e. The van der Waals surface area contributed by atoms with Crippen LogP contribution in [0.4, 0.5) is 10.1 Å². The Kier molecular flexibility index (Phi) is 10.8. The molecule has 2 aromatic rings. The van der Waals surface area contributed by atoms with E-state index in [9.17, 15) is 14.4 Å². The maximum Gasteiger partial charge on any atom is 0.263 e. The molecule has 0 saturated carbocycles. The zero-order chi connectivity index (χ0) is 31.4. The highest BCUT2D eigenvalue weighted by Crippen LogP contribution is 2.44. The van der Waals surface area contributed by atoms with Crippen molar-refractivity contribution >= 4 is 34.9 Å². The number of para-hydroxylation sites is 1. The largest absolute Gasteiger partial charge is 0.493 e. The van der Waals surface area contributed by atoms with Crippen LogP contribution >= 0.6 is 11.6 Å². The van der Waals surface area contributed by atoms with E-state index in [-0.39, 0.29) is 17.4 Å². The van der Waals surface area contributed by atoms with Crippen LogP contribution in [0.15, 0.2) is 42.5 Å². The van der Waals surface area contributed by atoms with Crippen LogP contribution in [0.3, 0.4) is 0 Å². The molecule has 2 unspecified atom stereocenters. The first-order valence-electron chi connectivity index (χ1n) is 14.2. The quantitative estimate of drug-likeness (QED) is 0.186. The van der Waals surface area contributed by atoms with Gasteiger partial charge in [-0.05, 0) is 53.0 Å². The maximum absolute atomic E-state index is 15.7. The number of nitrogens with two attached hydrogens (primary N) is 1. The number of carbonyl (C=O) groups is 3. The standard InChI is InChI=1S/C33H46ClFN2O4/c1-10-31(6,7)23-20-24(32(8,9)11-2)25(41-18-17-33(35,29(36)40)28(39)30(3,4)5)19-22(23)26(34)27(38)37-21-15-13-12-14-16-21/h12-16,19-20,26H,10-11,17-18H2,1-9H3,(H2,36,40)(H,37,38). The van der Waals surface area contributed by atoms with Gasteiger partial charge in [0.25, 0.3) is 5.91 Å². The number of primary amides is 1. The molecule has 3 N–H and O–H groups in total. The molecule has 2 amide bonds. The zero-order valence-corrected chi connectivity index (χ0v) is 26.7. The van der Waals surface area contributed by atoms with Crippen LogP contribution in [0.1, 0.15) is 104 Å². The Balaban J connectivity index is 2.61. The van der Waals surface area contributed by atoms with Crippen molar-refractivity contribution in [3.63, 3.8) is 0 Å². The van der Waals surface area contributed by atoms with Gasteiger partial charge in [0.1, 0.15) is 11.1 Å². The van der Waals surface area contributed by atoms with E-state index in [2.05, 4.69) is 46.9 Å². The Bertz CT molecular complexity index is 1250.